The molecule has 0 heterocycles. The number of hydrogen-bond acceptors (Lipinski definition) is 4. The van der Waals surface area contributed by atoms with Gasteiger partial charge < -0.3 is 10.2 Å². The number of phenols is 2. The Balaban J connectivity index is 2.66. The van der Waals surface area contributed by atoms with Gasteiger partial charge in [0.2, 0.25) is 0 Å². The van der Waals surface area contributed by atoms with Gasteiger partial charge in [-0.25, -0.2) is 0 Å². The van der Waals surface area contributed by atoms with Crippen molar-refractivity contribution >= 4 is 56.5 Å². The summed E-state index contributed by atoms with van der Waals surface area (Å²) in [6.45, 7) is 0. The number of hydrogen-bond donors (Lipinski definition) is 3. The number of rotatable bonds is 4. The van der Waals surface area contributed by atoms with Crippen molar-refractivity contribution in [1.29, 1.82) is 0 Å². The van der Waals surface area contributed by atoms with Crippen molar-refractivity contribution in [1.82, 2.24) is 0 Å². The summed E-state index contributed by atoms with van der Waals surface area (Å²) < 4.78 is 34.0. The van der Waals surface area contributed by atoms with E-state index >= 15 is 0 Å². The maximum atomic E-state index is 13.0. The summed E-state index contributed by atoms with van der Waals surface area (Å²) in [5.41, 5.74) is -0.648. The van der Waals surface area contributed by atoms with E-state index < -0.39 is 31.9 Å². The lowest BCUT2D eigenvalue weighted by molar-refractivity contribution is 0.431. The van der Waals surface area contributed by atoms with Crippen LogP contribution in [0.1, 0.15) is 16.7 Å². The molecule has 0 aliphatic carbocycles. The summed E-state index contributed by atoms with van der Waals surface area (Å²) in [4.78, 5) is 0. The van der Waals surface area contributed by atoms with Crippen LogP contribution in [-0.4, -0.2) is 23.2 Å². The molecule has 3 aromatic carbocycles. The number of aromatic hydroxyl groups is 2. The molecule has 0 aliphatic heterocycles. The molecule has 5 nitrogen and oxygen atoms in total. The van der Waals surface area contributed by atoms with Gasteiger partial charge in [-0.3, -0.25) is 4.55 Å². The van der Waals surface area contributed by atoms with E-state index in [4.69, 9.17) is 46.4 Å². The van der Waals surface area contributed by atoms with Gasteiger partial charge in [0, 0.05) is 32.3 Å². The largest absolute Gasteiger partial charge is 0.508 e. The maximum Gasteiger partial charge on any atom is 0.283 e. The molecule has 0 fully saturated rings. The summed E-state index contributed by atoms with van der Waals surface area (Å²) in [5, 5.41) is 20.1. The monoisotopic (exact) mass is 492 g/mol. The first-order valence-corrected chi connectivity index (χ1v) is 10.8. The number of benzene rings is 3. The molecule has 152 valence electrons. The fourth-order valence-corrected chi connectivity index (χ4v) is 5.89. The van der Waals surface area contributed by atoms with Crippen molar-refractivity contribution in [3.05, 3.63) is 91.4 Å². The molecule has 10 heteroatoms. The third kappa shape index (κ3) is 3.77. The Morgan fingerprint density at radius 3 is 1.90 bits per heavy atom. The topological polar surface area (TPSA) is 94.8 Å². The van der Waals surface area contributed by atoms with Crippen molar-refractivity contribution < 1.29 is 23.2 Å². The highest BCUT2D eigenvalue weighted by Crippen LogP contribution is 2.52. The van der Waals surface area contributed by atoms with Crippen LogP contribution in [0.4, 0.5) is 0 Å². The maximum absolute atomic E-state index is 13.0. The summed E-state index contributed by atoms with van der Waals surface area (Å²) in [7, 11) is -5.13. The average Bonchev–Trinajstić information content (AvgIpc) is 2.56. The normalized spacial score (nSPS) is 13.8. The molecule has 29 heavy (non-hydrogen) atoms. The summed E-state index contributed by atoms with van der Waals surface area (Å²) >= 11 is 24.8. The molecule has 0 aliphatic rings. The van der Waals surface area contributed by atoms with Gasteiger partial charge >= 0.3 is 0 Å². The van der Waals surface area contributed by atoms with E-state index in [9.17, 15) is 23.2 Å². The number of phenolic OH excluding ortho intramolecular Hbond substituents is 2. The van der Waals surface area contributed by atoms with Gasteiger partial charge in [0.05, 0.1) is 5.02 Å². The first-order valence-electron chi connectivity index (χ1n) is 7.89. The lowest BCUT2D eigenvalue weighted by atomic mass is 9.83. The van der Waals surface area contributed by atoms with Crippen LogP contribution in [0.2, 0.25) is 20.1 Å². The van der Waals surface area contributed by atoms with Gasteiger partial charge in [-0.1, -0.05) is 64.6 Å². The highest BCUT2D eigenvalue weighted by molar-refractivity contribution is 7.87. The van der Waals surface area contributed by atoms with Gasteiger partial charge in [-0.2, -0.15) is 8.42 Å². The van der Waals surface area contributed by atoms with E-state index in [1.54, 1.807) is 6.07 Å². The highest BCUT2D eigenvalue weighted by Gasteiger charge is 2.52. The van der Waals surface area contributed by atoms with E-state index in [2.05, 4.69) is 0 Å². The van der Waals surface area contributed by atoms with Crippen LogP contribution >= 0.6 is 46.4 Å². The molecule has 0 saturated heterocycles. The van der Waals surface area contributed by atoms with E-state index in [0.717, 1.165) is 12.1 Å². The minimum Gasteiger partial charge on any atom is -0.508 e. The fraction of sp³-hybridized carbons (Fsp3) is 0.0526. The molecule has 1 unspecified atom stereocenters. The molecule has 3 rings (SSSR count). The molecule has 0 saturated carbocycles. The van der Waals surface area contributed by atoms with Crippen LogP contribution in [0.3, 0.4) is 0 Å². The van der Waals surface area contributed by atoms with Crippen molar-refractivity contribution in [3.63, 3.8) is 0 Å². The Morgan fingerprint density at radius 2 is 1.38 bits per heavy atom. The molecular weight excluding hydrogens is 482 g/mol. The minimum absolute atomic E-state index is 0.0373. The van der Waals surface area contributed by atoms with Gasteiger partial charge in [0.1, 0.15) is 11.5 Å². The van der Waals surface area contributed by atoms with E-state index in [1.807, 2.05) is 0 Å². The average molecular weight is 494 g/mol. The quantitative estimate of drug-likeness (QED) is 0.311. The van der Waals surface area contributed by atoms with Crippen molar-refractivity contribution in [3.8, 4) is 11.5 Å². The Morgan fingerprint density at radius 1 is 0.793 bits per heavy atom. The lowest BCUT2D eigenvalue weighted by Gasteiger charge is -2.34. The second kappa shape index (κ2) is 7.87. The smallest absolute Gasteiger partial charge is 0.283 e. The Kier molecular flexibility index (Phi) is 5.98. The van der Waals surface area contributed by atoms with E-state index in [0.29, 0.717) is 0 Å². The van der Waals surface area contributed by atoms with Gasteiger partial charge in [0.25, 0.3) is 10.1 Å². The van der Waals surface area contributed by atoms with E-state index in [-0.39, 0.29) is 31.2 Å². The van der Waals surface area contributed by atoms with Crippen molar-refractivity contribution in [2.75, 3.05) is 0 Å². The van der Waals surface area contributed by atoms with Gasteiger partial charge in [0.15, 0.2) is 4.75 Å². The van der Waals surface area contributed by atoms with Crippen LogP contribution in [0, 0.1) is 0 Å². The van der Waals surface area contributed by atoms with Crippen LogP contribution in [0.25, 0.3) is 0 Å². The summed E-state index contributed by atoms with van der Waals surface area (Å²) in [5.74, 6) is -1.10. The van der Waals surface area contributed by atoms with Gasteiger partial charge in [-0.05, 0) is 35.9 Å². The Labute approximate surface area is 186 Å². The second-order valence-corrected chi connectivity index (χ2v) is 9.37. The predicted octanol–water partition coefficient (Wildman–Crippen LogP) is 5.89. The minimum atomic E-state index is -5.13. The third-order valence-electron chi connectivity index (χ3n) is 4.32. The van der Waals surface area contributed by atoms with Crippen LogP contribution in [-0.2, 0) is 14.9 Å². The molecule has 3 aromatic rings. The van der Waals surface area contributed by atoms with Crippen LogP contribution in [0.15, 0.2) is 54.6 Å². The molecule has 0 aromatic heterocycles. The fourth-order valence-electron chi connectivity index (χ4n) is 3.28. The Bertz CT molecular complexity index is 1170. The molecule has 0 amide bonds. The molecule has 3 N–H and O–H groups in total. The zero-order valence-electron chi connectivity index (χ0n) is 14.3. The van der Waals surface area contributed by atoms with E-state index in [1.165, 1.54) is 36.4 Å². The first-order chi connectivity index (χ1) is 13.5. The first kappa shape index (κ1) is 22.0. The SMILES string of the molecule is O=S(=O)(O)C(c1cc(Cl)cc(Cl)c1)(c1ccccc1Cl)c1c(O)cc(O)cc1Cl. The third-order valence-corrected chi connectivity index (χ3v) is 6.81. The predicted molar refractivity (Wildman–Crippen MR) is 114 cm³/mol. The summed E-state index contributed by atoms with van der Waals surface area (Å²) in [6.07, 6.45) is 0. The molecular formula is C19H12Cl4O5S. The molecule has 0 radical (unpaired) electrons. The lowest BCUT2D eigenvalue weighted by Crippen LogP contribution is -2.39. The number of halogens is 4. The van der Waals surface area contributed by atoms with Crippen molar-refractivity contribution in [2.24, 2.45) is 0 Å². The van der Waals surface area contributed by atoms with Crippen molar-refractivity contribution in [2.45, 2.75) is 4.75 Å². The van der Waals surface area contributed by atoms with Crippen LogP contribution in [0.5, 0.6) is 11.5 Å². The standard InChI is InChI=1S/C19H12Cl4O5S/c20-11-5-10(6-12(21)7-11)19(29(26,27)28,14-3-1-2-4-15(14)22)18-16(23)8-13(24)9-17(18)25/h1-9,24-25H,(H,26,27,28). The Hall–Kier alpha value is -1.67. The second-order valence-electron chi connectivity index (χ2n) is 6.12. The molecule has 0 bridgehead atoms. The molecule has 0 spiro atoms. The summed E-state index contributed by atoms with van der Waals surface area (Å²) in [6, 6.07) is 11.6. The molecule has 1 atom stereocenters. The van der Waals surface area contributed by atoms with Crippen LogP contribution < -0.4 is 0 Å². The van der Waals surface area contributed by atoms with Gasteiger partial charge in [-0.15, -0.1) is 0 Å². The highest BCUT2D eigenvalue weighted by atomic mass is 35.5. The zero-order chi connectivity index (χ0) is 21.6. The zero-order valence-corrected chi connectivity index (χ0v) is 18.1.